The minimum atomic E-state index is -0.139. The molecule has 0 radical (unpaired) electrons. The van der Waals surface area contributed by atoms with Crippen LogP contribution in [0.25, 0.3) is 0 Å². The van der Waals surface area contributed by atoms with Crippen LogP contribution in [0, 0.1) is 5.41 Å². The van der Waals surface area contributed by atoms with E-state index in [1.807, 2.05) is 43.4 Å². The third-order valence-corrected chi connectivity index (χ3v) is 5.85. The molecule has 1 aliphatic carbocycles. The van der Waals surface area contributed by atoms with Crippen molar-refractivity contribution in [3.8, 4) is 11.5 Å². The first-order chi connectivity index (χ1) is 13.3. The van der Waals surface area contributed by atoms with Gasteiger partial charge in [-0.05, 0) is 24.3 Å². The molecule has 2 aromatic rings. The van der Waals surface area contributed by atoms with Crippen molar-refractivity contribution < 1.29 is 14.3 Å². The summed E-state index contributed by atoms with van der Waals surface area (Å²) in [6, 6.07) is 15.2. The van der Waals surface area contributed by atoms with Crippen molar-refractivity contribution in [1.29, 1.82) is 0 Å². The zero-order valence-corrected chi connectivity index (χ0v) is 17.5. The lowest BCUT2D eigenvalue weighted by molar-refractivity contribution is -0.0861. The maximum absolute atomic E-state index is 12.7. The molecule has 0 aromatic heterocycles. The third-order valence-electron chi connectivity index (χ3n) is 5.61. The molecule has 0 bridgehead atoms. The predicted octanol–water partition coefficient (Wildman–Crippen LogP) is 4.74. The van der Waals surface area contributed by atoms with E-state index in [9.17, 15) is 4.79 Å². The summed E-state index contributed by atoms with van der Waals surface area (Å²) in [6.45, 7) is 4.65. The van der Waals surface area contributed by atoms with Crippen LogP contribution < -0.4 is 14.8 Å². The Bertz CT molecular complexity index is 826. The van der Waals surface area contributed by atoms with Gasteiger partial charge >= 0.3 is 6.03 Å². The second kappa shape index (κ2) is 8.31. The first-order valence-electron chi connectivity index (χ1n) is 9.37. The molecule has 28 heavy (non-hydrogen) atoms. The number of nitrogens with zero attached hydrogens (tertiary/aromatic N) is 1. The number of urea groups is 1. The van der Waals surface area contributed by atoms with E-state index in [1.54, 1.807) is 24.1 Å². The number of rotatable bonds is 6. The fourth-order valence-electron chi connectivity index (χ4n) is 3.69. The summed E-state index contributed by atoms with van der Waals surface area (Å²) < 4.78 is 11.4. The normalized spacial score (nSPS) is 20.0. The molecule has 6 heteroatoms. The van der Waals surface area contributed by atoms with Gasteiger partial charge in [-0.1, -0.05) is 49.7 Å². The van der Waals surface area contributed by atoms with Crippen molar-refractivity contribution in [2.24, 2.45) is 5.41 Å². The number of benzene rings is 2. The predicted molar refractivity (Wildman–Crippen MR) is 111 cm³/mol. The molecule has 2 atom stereocenters. The lowest BCUT2D eigenvalue weighted by Crippen LogP contribution is -2.64. The van der Waals surface area contributed by atoms with Crippen molar-refractivity contribution in [2.75, 3.05) is 14.2 Å². The highest BCUT2D eigenvalue weighted by Gasteiger charge is 2.52. The fraction of sp³-hybridized carbons (Fsp3) is 0.409. The van der Waals surface area contributed by atoms with Gasteiger partial charge in [-0.15, -0.1) is 0 Å². The van der Waals surface area contributed by atoms with Gasteiger partial charge in [0, 0.05) is 42.1 Å². The number of carbonyl (C=O) groups is 1. The highest BCUT2D eigenvalue weighted by molar-refractivity contribution is 6.30. The molecule has 5 nitrogen and oxygen atoms in total. The number of hydrogen-bond acceptors (Lipinski definition) is 3. The Kier molecular flexibility index (Phi) is 6.04. The van der Waals surface area contributed by atoms with Gasteiger partial charge in [0.1, 0.15) is 17.6 Å². The molecule has 150 valence electrons. The van der Waals surface area contributed by atoms with Crippen LogP contribution in [-0.2, 0) is 6.54 Å². The molecule has 0 saturated heterocycles. The maximum Gasteiger partial charge on any atom is 0.317 e. The van der Waals surface area contributed by atoms with E-state index in [0.29, 0.717) is 17.3 Å². The summed E-state index contributed by atoms with van der Waals surface area (Å²) in [5, 5.41) is 3.57. The Morgan fingerprint density at radius 2 is 1.96 bits per heavy atom. The largest absolute Gasteiger partial charge is 0.496 e. The van der Waals surface area contributed by atoms with Crippen molar-refractivity contribution in [3.63, 3.8) is 0 Å². The summed E-state index contributed by atoms with van der Waals surface area (Å²) in [5.41, 5.74) is 0.742. The molecule has 1 saturated carbocycles. The van der Waals surface area contributed by atoms with Gasteiger partial charge in [0.05, 0.1) is 7.11 Å². The van der Waals surface area contributed by atoms with Crippen LogP contribution in [-0.4, -0.2) is 37.2 Å². The van der Waals surface area contributed by atoms with E-state index in [-0.39, 0.29) is 23.6 Å². The second-order valence-electron chi connectivity index (χ2n) is 7.72. The molecule has 2 unspecified atom stereocenters. The van der Waals surface area contributed by atoms with Crippen LogP contribution >= 0.6 is 11.6 Å². The number of amides is 2. The Morgan fingerprint density at radius 3 is 2.61 bits per heavy atom. The molecule has 0 heterocycles. The third kappa shape index (κ3) is 4.20. The fourth-order valence-corrected chi connectivity index (χ4v) is 3.85. The van der Waals surface area contributed by atoms with Crippen LogP contribution in [0.1, 0.15) is 25.8 Å². The smallest absolute Gasteiger partial charge is 0.317 e. The van der Waals surface area contributed by atoms with E-state index in [2.05, 4.69) is 19.2 Å². The molecule has 0 spiro atoms. The molecular formula is C22H27ClN2O3. The average Bonchev–Trinajstić information content (AvgIpc) is 2.69. The highest BCUT2D eigenvalue weighted by atomic mass is 35.5. The van der Waals surface area contributed by atoms with Gasteiger partial charge in [-0.25, -0.2) is 4.79 Å². The maximum atomic E-state index is 12.7. The zero-order chi connectivity index (χ0) is 20.3. The first kappa shape index (κ1) is 20.3. The summed E-state index contributed by atoms with van der Waals surface area (Å²) in [6.07, 6.45) is 0.877. The molecule has 1 N–H and O–H groups in total. The number of methoxy groups -OCH3 is 1. The Labute approximate surface area is 171 Å². The van der Waals surface area contributed by atoms with Crippen LogP contribution in [0.15, 0.2) is 48.5 Å². The van der Waals surface area contributed by atoms with Crippen LogP contribution in [0.3, 0.4) is 0 Å². The van der Waals surface area contributed by atoms with Crippen molar-refractivity contribution in [3.05, 3.63) is 59.1 Å². The highest BCUT2D eigenvalue weighted by Crippen LogP contribution is 2.45. The first-order valence-corrected chi connectivity index (χ1v) is 9.75. The number of nitrogens with one attached hydrogen (secondary N) is 1. The lowest BCUT2D eigenvalue weighted by Gasteiger charge is -2.54. The van der Waals surface area contributed by atoms with E-state index < -0.39 is 0 Å². The number of para-hydroxylation sites is 1. The molecule has 3 rings (SSSR count). The molecule has 1 fully saturated rings. The summed E-state index contributed by atoms with van der Waals surface area (Å²) in [7, 11) is 3.42. The SMILES string of the molecule is COc1cc(Cl)ccc1CNC(=O)N(C)C1CC(Oc2ccccc2)C1(C)C. The number of carbonyl (C=O) groups excluding carboxylic acids is 1. The lowest BCUT2D eigenvalue weighted by atomic mass is 9.64. The van der Waals surface area contributed by atoms with Crippen LogP contribution in [0.4, 0.5) is 4.79 Å². The topological polar surface area (TPSA) is 50.8 Å². The van der Waals surface area contributed by atoms with Gasteiger partial charge in [-0.3, -0.25) is 0 Å². The van der Waals surface area contributed by atoms with E-state index >= 15 is 0 Å². The number of halogens is 1. The van der Waals surface area contributed by atoms with Gasteiger partial charge < -0.3 is 19.7 Å². The molecule has 1 aliphatic rings. The van der Waals surface area contributed by atoms with Gasteiger partial charge in [0.25, 0.3) is 0 Å². The van der Waals surface area contributed by atoms with Crippen LogP contribution in [0.5, 0.6) is 11.5 Å². The Hall–Kier alpha value is -2.40. The second-order valence-corrected chi connectivity index (χ2v) is 8.15. The van der Waals surface area contributed by atoms with Crippen molar-refractivity contribution in [1.82, 2.24) is 10.2 Å². The van der Waals surface area contributed by atoms with E-state index in [4.69, 9.17) is 21.1 Å². The Balaban J connectivity index is 1.57. The van der Waals surface area contributed by atoms with Gasteiger partial charge in [0.15, 0.2) is 0 Å². The minimum absolute atomic E-state index is 0.0755. The Morgan fingerprint density at radius 1 is 1.25 bits per heavy atom. The van der Waals surface area contributed by atoms with Crippen molar-refractivity contribution in [2.45, 2.75) is 39.0 Å². The standard InChI is InChI=1S/C22H27ClN2O3/c1-22(2)19(13-20(22)28-17-8-6-5-7-9-17)25(3)21(26)24-14-15-10-11-16(23)12-18(15)27-4/h5-12,19-20H,13-14H2,1-4H3,(H,24,26). The summed E-state index contributed by atoms with van der Waals surface area (Å²) >= 11 is 5.99. The van der Waals surface area contributed by atoms with E-state index in [1.165, 1.54) is 0 Å². The van der Waals surface area contributed by atoms with E-state index in [0.717, 1.165) is 17.7 Å². The average molecular weight is 403 g/mol. The molecule has 0 aliphatic heterocycles. The number of ether oxygens (including phenoxy) is 2. The molecular weight excluding hydrogens is 376 g/mol. The van der Waals surface area contributed by atoms with Gasteiger partial charge in [-0.2, -0.15) is 0 Å². The number of hydrogen-bond donors (Lipinski definition) is 1. The zero-order valence-electron chi connectivity index (χ0n) is 16.7. The quantitative estimate of drug-likeness (QED) is 0.759. The molecule has 2 aromatic carbocycles. The monoisotopic (exact) mass is 402 g/mol. The summed E-state index contributed by atoms with van der Waals surface area (Å²) in [4.78, 5) is 14.4. The molecule has 2 amide bonds. The van der Waals surface area contributed by atoms with Gasteiger partial charge in [0.2, 0.25) is 0 Å². The summed E-state index contributed by atoms with van der Waals surface area (Å²) in [5.74, 6) is 1.52. The van der Waals surface area contributed by atoms with Crippen molar-refractivity contribution >= 4 is 17.6 Å². The van der Waals surface area contributed by atoms with Crippen LogP contribution in [0.2, 0.25) is 5.02 Å². The minimum Gasteiger partial charge on any atom is -0.496 e.